The molecule has 0 aliphatic carbocycles. The number of methoxy groups -OCH3 is 1. The normalized spacial score (nSPS) is 17.4. The van der Waals surface area contributed by atoms with Gasteiger partial charge in [-0.25, -0.2) is 4.98 Å². The predicted octanol–water partition coefficient (Wildman–Crippen LogP) is 3.20. The van der Waals surface area contributed by atoms with Crippen molar-refractivity contribution < 1.29 is 9.53 Å². The molecule has 2 aromatic carbocycles. The number of imidazole rings is 1. The third-order valence-electron chi connectivity index (χ3n) is 4.97. The number of benzene rings is 2. The van der Waals surface area contributed by atoms with Crippen LogP contribution in [0.3, 0.4) is 0 Å². The fourth-order valence-electron chi connectivity index (χ4n) is 3.90. The fraction of sp³-hybridized carbons (Fsp3) is 0.333. The highest BCUT2D eigenvalue weighted by Gasteiger charge is 2.39. The molecule has 0 atom stereocenters. The molecule has 1 aliphatic rings. The molecule has 4 rings (SSSR count). The van der Waals surface area contributed by atoms with Crippen molar-refractivity contribution in [1.82, 2.24) is 14.9 Å². The lowest BCUT2D eigenvalue weighted by atomic mass is 9.97. The predicted molar refractivity (Wildman–Crippen MR) is 106 cm³/mol. The molecule has 1 amide bonds. The zero-order valence-electron chi connectivity index (χ0n) is 15.9. The van der Waals surface area contributed by atoms with Crippen LogP contribution < -0.4 is 9.64 Å². The van der Waals surface area contributed by atoms with Gasteiger partial charge < -0.3 is 14.6 Å². The molecule has 0 unspecified atom stereocenters. The zero-order valence-corrected chi connectivity index (χ0v) is 15.9. The first-order chi connectivity index (χ1) is 13.0. The van der Waals surface area contributed by atoms with Crippen LogP contribution in [0.4, 0.5) is 5.69 Å². The summed E-state index contributed by atoms with van der Waals surface area (Å²) in [6, 6.07) is 15.6. The number of hydrogen-bond acceptors (Lipinski definition) is 4. The number of carbonyl (C=O) groups is 1. The van der Waals surface area contributed by atoms with Crippen molar-refractivity contribution in [3.8, 4) is 5.75 Å². The largest absolute Gasteiger partial charge is 0.497 e. The van der Waals surface area contributed by atoms with E-state index in [0.29, 0.717) is 13.1 Å². The Kier molecular flexibility index (Phi) is 4.36. The lowest BCUT2D eigenvalue weighted by Gasteiger charge is -2.46. The Labute approximate surface area is 158 Å². The zero-order chi connectivity index (χ0) is 19.0. The van der Waals surface area contributed by atoms with Crippen molar-refractivity contribution in [2.24, 2.45) is 0 Å². The van der Waals surface area contributed by atoms with Crippen LogP contribution in [0.5, 0.6) is 5.75 Å². The SMILES string of the molecule is COc1ccc(N2C(=O)CN(Cc3nc4ccccc4[nH]3)CC2(C)C)cc1. The van der Waals surface area contributed by atoms with E-state index >= 15 is 0 Å². The first-order valence-corrected chi connectivity index (χ1v) is 9.09. The summed E-state index contributed by atoms with van der Waals surface area (Å²) in [6.45, 7) is 5.95. The van der Waals surface area contributed by atoms with Gasteiger partial charge in [0.15, 0.2) is 0 Å². The number of piperazine rings is 1. The van der Waals surface area contributed by atoms with Crippen molar-refractivity contribution in [1.29, 1.82) is 0 Å². The van der Waals surface area contributed by atoms with E-state index in [1.54, 1.807) is 7.11 Å². The van der Waals surface area contributed by atoms with E-state index in [-0.39, 0.29) is 11.4 Å². The molecular weight excluding hydrogens is 340 g/mol. The number of carbonyl (C=O) groups excluding carboxylic acids is 1. The number of para-hydroxylation sites is 2. The van der Waals surface area contributed by atoms with Gasteiger partial charge in [0.2, 0.25) is 5.91 Å². The minimum absolute atomic E-state index is 0.0903. The summed E-state index contributed by atoms with van der Waals surface area (Å²) in [7, 11) is 1.64. The van der Waals surface area contributed by atoms with E-state index < -0.39 is 0 Å². The van der Waals surface area contributed by atoms with Gasteiger partial charge in [0.25, 0.3) is 0 Å². The van der Waals surface area contributed by atoms with Crippen LogP contribution in [-0.4, -0.2) is 46.5 Å². The summed E-state index contributed by atoms with van der Waals surface area (Å²) in [4.78, 5) is 25.0. The van der Waals surface area contributed by atoms with Gasteiger partial charge in [-0.15, -0.1) is 0 Å². The highest BCUT2D eigenvalue weighted by atomic mass is 16.5. The van der Waals surface area contributed by atoms with Gasteiger partial charge in [-0.05, 0) is 50.2 Å². The lowest BCUT2D eigenvalue weighted by molar-refractivity contribution is -0.123. The number of H-pyrrole nitrogens is 1. The van der Waals surface area contributed by atoms with Crippen molar-refractivity contribution >= 4 is 22.6 Å². The van der Waals surface area contributed by atoms with Crippen molar-refractivity contribution in [3.05, 3.63) is 54.4 Å². The molecule has 0 saturated carbocycles. The van der Waals surface area contributed by atoms with Crippen LogP contribution in [0.25, 0.3) is 11.0 Å². The summed E-state index contributed by atoms with van der Waals surface area (Å²) in [5.41, 5.74) is 2.55. The van der Waals surface area contributed by atoms with Gasteiger partial charge in [0, 0.05) is 12.2 Å². The van der Waals surface area contributed by atoms with Gasteiger partial charge >= 0.3 is 0 Å². The highest BCUT2D eigenvalue weighted by Crippen LogP contribution is 2.30. The van der Waals surface area contributed by atoms with Gasteiger partial charge in [-0.1, -0.05) is 12.1 Å². The molecule has 1 aromatic heterocycles. The number of anilines is 1. The number of amides is 1. The number of hydrogen-bond donors (Lipinski definition) is 1. The summed E-state index contributed by atoms with van der Waals surface area (Å²) < 4.78 is 5.22. The third kappa shape index (κ3) is 3.40. The second kappa shape index (κ2) is 6.70. The van der Waals surface area contributed by atoms with Crippen LogP contribution in [0, 0.1) is 0 Å². The minimum atomic E-state index is -0.323. The topological polar surface area (TPSA) is 61.5 Å². The smallest absolute Gasteiger partial charge is 0.241 e. The van der Waals surface area contributed by atoms with E-state index in [4.69, 9.17) is 4.74 Å². The number of ether oxygens (including phenoxy) is 1. The first kappa shape index (κ1) is 17.5. The van der Waals surface area contributed by atoms with Crippen LogP contribution in [0.15, 0.2) is 48.5 Å². The van der Waals surface area contributed by atoms with Gasteiger partial charge in [0.05, 0.1) is 36.8 Å². The molecular formula is C21H24N4O2. The Morgan fingerprint density at radius 2 is 1.89 bits per heavy atom. The lowest BCUT2D eigenvalue weighted by Crippen LogP contribution is -2.62. The number of nitrogens with one attached hydrogen (secondary N) is 1. The van der Waals surface area contributed by atoms with Crippen LogP contribution in [-0.2, 0) is 11.3 Å². The molecule has 2 heterocycles. The summed E-state index contributed by atoms with van der Waals surface area (Å²) >= 11 is 0. The average Bonchev–Trinajstić information content (AvgIpc) is 3.03. The maximum atomic E-state index is 13.0. The van der Waals surface area contributed by atoms with E-state index in [1.165, 1.54) is 0 Å². The Bertz CT molecular complexity index is 929. The van der Waals surface area contributed by atoms with Crippen LogP contribution in [0.2, 0.25) is 0 Å². The Hall–Kier alpha value is -2.86. The van der Waals surface area contributed by atoms with Crippen LogP contribution in [0.1, 0.15) is 19.7 Å². The van der Waals surface area contributed by atoms with Crippen molar-refractivity contribution in [2.45, 2.75) is 25.9 Å². The van der Waals surface area contributed by atoms with E-state index in [1.807, 2.05) is 53.4 Å². The molecule has 140 valence electrons. The van der Waals surface area contributed by atoms with Gasteiger partial charge in [0.1, 0.15) is 11.6 Å². The number of fused-ring (bicyclic) bond motifs is 1. The molecule has 1 aliphatic heterocycles. The first-order valence-electron chi connectivity index (χ1n) is 9.09. The second-order valence-corrected chi connectivity index (χ2v) is 7.59. The van der Waals surface area contributed by atoms with Gasteiger partial charge in [-0.3, -0.25) is 9.69 Å². The standard InChI is InChI=1S/C21H24N4O2/c1-21(2)14-24(12-19-22-17-6-4-5-7-18(17)23-19)13-20(26)25(21)15-8-10-16(27-3)11-9-15/h4-11H,12-14H2,1-3H3,(H,22,23). The molecule has 0 spiro atoms. The van der Waals surface area contributed by atoms with Crippen LogP contribution >= 0.6 is 0 Å². The quantitative estimate of drug-likeness (QED) is 0.772. The van der Waals surface area contributed by atoms with Crippen molar-refractivity contribution in [3.63, 3.8) is 0 Å². The number of rotatable bonds is 4. The molecule has 3 aromatic rings. The van der Waals surface area contributed by atoms with Crippen molar-refractivity contribution in [2.75, 3.05) is 25.1 Å². The molecule has 6 heteroatoms. The molecule has 0 bridgehead atoms. The molecule has 1 N–H and O–H groups in total. The Morgan fingerprint density at radius 1 is 1.15 bits per heavy atom. The van der Waals surface area contributed by atoms with Gasteiger partial charge in [-0.2, -0.15) is 0 Å². The Morgan fingerprint density at radius 3 is 2.56 bits per heavy atom. The third-order valence-corrected chi connectivity index (χ3v) is 4.97. The average molecular weight is 364 g/mol. The monoisotopic (exact) mass is 364 g/mol. The second-order valence-electron chi connectivity index (χ2n) is 7.59. The fourth-order valence-corrected chi connectivity index (χ4v) is 3.90. The summed E-state index contributed by atoms with van der Waals surface area (Å²) in [5, 5.41) is 0. The molecule has 1 saturated heterocycles. The molecule has 6 nitrogen and oxygen atoms in total. The minimum Gasteiger partial charge on any atom is -0.497 e. The number of aromatic nitrogens is 2. The van der Waals surface area contributed by atoms with E-state index in [2.05, 4.69) is 28.7 Å². The maximum Gasteiger partial charge on any atom is 0.241 e. The van der Waals surface area contributed by atoms with E-state index in [0.717, 1.165) is 34.8 Å². The summed E-state index contributed by atoms with van der Waals surface area (Å²) in [6.07, 6.45) is 0. The molecule has 1 fully saturated rings. The summed E-state index contributed by atoms with van der Waals surface area (Å²) in [5.74, 6) is 1.76. The maximum absolute atomic E-state index is 13.0. The number of aromatic amines is 1. The highest BCUT2D eigenvalue weighted by molar-refractivity contribution is 5.97. The molecule has 0 radical (unpaired) electrons. The number of nitrogens with zero attached hydrogens (tertiary/aromatic N) is 3. The van der Waals surface area contributed by atoms with E-state index in [9.17, 15) is 4.79 Å². The molecule has 27 heavy (non-hydrogen) atoms. The Balaban J connectivity index is 1.53.